The fourth-order valence-electron chi connectivity index (χ4n) is 4.52. The van der Waals surface area contributed by atoms with Crippen LogP contribution in [0.1, 0.15) is 37.4 Å². The van der Waals surface area contributed by atoms with Crippen LogP contribution in [0.4, 0.5) is 24.5 Å². The third kappa shape index (κ3) is 8.80. The van der Waals surface area contributed by atoms with Crippen LogP contribution < -0.4 is 15.8 Å². The number of nitrogens with zero attached hydrogens (tertiary/aromatic N) is 5. The number of aromatic nitrogens is 4. The van der Waals surface area contributed by atoms with Gasteiger partial charge in [-0.1, -0.05) is 13.0 Å². The summed E-state index contributed by atoms with van der Waals surface area (Å²) in [6.07, 6.45) is 0.791. The van der Waals surface area contributed by atoms with Gasteiger partial charge >= 0.3 is 6.18 Å². The summed E-state index contributed by atoms with van der Waals surface area (Å²) < 4.78 is 42.8. The summed E-state index contributed by atoms with van der Waals surface area (Å²) in [5.74, 6) is 0.0952. The molecule has 2 aliphatic rings. The molecule has 1 aromatic heterocycles. The van der Waals surface area contributed by atoms with Crippen LogP contribution in [0.3, 0.4) is 0 Å². The number of aromatic hydroxyl groups is 1. The lowest BCUT2D eigenvalue weighted by atomic mass is 10.1. The van der Waals surface area contributed by atoms with Crippen molar-refractivity contribution in [3.05, 3.63) is 58.0 Å². The number of phenols is 1. The fraction of sp³-hybridized carbons (Fsp3) is 0.464. The molecular formula is C28H36F3N7O5. The number of carbonyl (C=O) groups excluding carboxylic acids is 2. The first kappa shape index (κ1) is 33.1. The van der Waals surface area contributed by atoms with E-state index < -0.39 is 17.5 Å². The number of ether oxygens (including phenoxy) is 1. The van der Waals surface area contributed by atoms with Crippen LogP contribution in [0.2, 0.25) is 0 Å². The number of rotatable bonds is 6. The van der Waals surface area contributed by atoms with Gasteiger partial charge in [-0.2, -0.15) is 13.2 Å². The summed E-state index contributed by atoms with van der Waals surface area (Å²) in [4.78, 5) is 49.1. The van der Waals surface area contributed by atoms with Gasteiger partial charge in [0.05, 0.1) is 36.7 Å². The van der Waals surface area contributed by atoms with E-state index in [1.807, 2.05) is 17.9 Å². The molecule has 1 fully saturated rings. The Kier molecular flexibility index (Phi) is 11.7. The van der Waals surface area contributed by atoms with E-state index in [0.29, 0.717) is 81.8 Å². The number of aromatic amines is 1. The predicted molar refractivity (Wildman–Crippen MR) is 154 cm³/mol. The fourth-order valence-corrected chi connectivity index (χ4v) is 4.52. The van der Waals surface area contributed by atoms with E-state index in [2.05, 4.69) is 20.4 Å². The second-order valence-electron chi connectivity index (χ2n) is 9.59. The zero-order valence-corrected chi connectivity index (χ0v) is 24.3. The number of H-pyrrole nitrogens is 1. The molecule has 3 N–H and O–H groups in total. The highest BCUT2D eigenvalue weighted by atomic mass is 19.4. The highest BCUT2D eigenvalue weighted by molar-refractivity contribution is 5.73. The number of anilines is 2. The maximum absolute atomic E-state index is 13.5. The molecule has 1 saturated heterocycles. The van der Waals surface area contributed by atoms with Gasteiger partial charge in [0.1, 0.15) is 29.9 Å². The first-order valence-corrected chi connectivity index (χ1v) is 13.7. The average Bonchev–Trinajstić information content (AvgIpc) is 3.05. The molecule has 234 valence electrons. The highest BCUT2D eigenvalue weighted by Crippen LogP contribution is 2.34. The quantitative estimate of drug-likeness (QED) is 0.333. The molecule has 0 aliphatic carbocycles. The Bertz CT molecular complexity index is 1430. The Hall–Kier alpha value is -4.40. The van der Waals surface area contributed by atoms with Gasteiger partial charge in [-0.3, -0.25) is 14.7 Å². The first-order valence-electron chi connectivity index (χ1n) is 13.7. The van der Waals surface area contributed by atoms with Crippen molar-refractivity contribution in [2.75, 3.05) is 56.7 Å². The number of nitrogens with one attached hydrogen (secondary N) is 2. The number of alkyl halides is 3. The molecule has 2 aromatic rings. The number of hydrogen-bond donors (Lipinski definition) is 3. The maximum atomic E-state index is 13.5. The van der Waals surface area contributed by atoms with Crippen molar-refractivity contribution >= 4 is 29.1 Å². The van der Waals surface area contributed by atoms with E-state index in [0.717, 1.165) is 11.6 Å². The van der Waals surface area contributed by atoms with Crippen LogP contribution in [-0.2, 0) is 33.5 Å². The number of benzene rings is 1. The molecule has 0 radical (unpaired) electrons. The van der Waals surface area contributed by atoms with E-state index in [1.54, 1.807) is 11.8 Å². The minimum absolute atomic E-state index is 0.0187. The van der Waals surface area contributed by atoms with E-state index in [1.165, 1.54) is 24.1 Å². The lowest BCUT2D eigenvalue weighted by molar-refractivity contribution is -0.137. The monoisotopic (exact) mass is 607 g/mol. The summed E-state index contributed by atoms with van der Waals surface area (Å²) in [7, 11) is 1.52. The highest BCUT2D eigenvalue weighted by Gasteiger charge is 2.31. The smallest absolute Gasteiger partial charge is 0.416 e. The molecule has 0 spiro atoms. The van der Waals surface area contributed by atoms with Gasteiger partial charge in [0.15, 0.2) is 0 Å². The van der Waals surface area contributed by atoms with Crippen molar-refractivity contribution in [1.82, 2.24) is 24.6 Å². The van der Waals surface area contributed by atoms with Crippen molar-refractivity contribution in [1.29, 1.82) is 0 Å². The second-order valence-corrected chi connectivity index (χ2v) is 9.59. The molecule has 0 bridgehead atoms. The van der Waals surface area contributed by atoms with Crippen molar-refractivity contribution in [3.63, 3.8) is 0 Å². The Labute approximate surface area is 246 Å². The van der Waals surface area contributed by atoms with Gasteiger partial charge in [-0.05, 0) is 36.6 Å². The number of piperazine rings is 1. The van der Waals surface area contributed by atoms with Gasteiger partial charge in [0.2, 0.25) is 5.91 Å². The van der Waals surface area contributed by atoms with Crippen molar-refractivity contribution in [3.8, 4) is 5.75 Å². The van der Waals surface area contributed by atoms with Gasteiger partial charge in [0, 0.05) is 40.2 Å². The molecule has 0 unspecified atom stereocenters. The Balaban J connectivity index is 0.000000326. The Morgan fingerprint density at radius 1 is 1.21 bits per heavy atom. The molecule has 0 saturated carbocycles. The number of carbonyl (C=O) groups is 2. The molecule has 15 heteroatoms. The third-order valence-electron chi connectivity index (χ3n) is 6.86. The zero-order valence-electron chi connectivity index (χ0n) is 24.3. The van der Waals surface area contributed by atoms with Crippen molar-refractivity contribution in [2.24, 2.45) is 0 Å². The molecule has 1 aromatic carbocycles. The van der Waals surface area contributed by atoms with Crippen LogP contribution in [-0.4, -0.2) is 88.4 Å². The van der Waals surface area contributed by atoms with Gasteiger partial charge in [0.25, 0.3) is 5.56 Å². The maximum Gasteiger partial charge on any atom is 0.416 e. The topological polar surface area (TPSA) is 146 Å². The van der Waals surface area contributed by atoms with E-state index >= 15 is 0 Å². The standard InChI is InChI=1S/C20H28N6O4.C8H8F3NO/c1-3-17-18(25-8-6-24(7-9-25)15(2)28)20(29)26(10-11-27)23-19(22-14-21-17)16-4-12-30-13-5-16;1-12-6-3-2-5(4-7(6)13)8(9,10)11/h4,11,14H,3,5-10,12-13H2,1-2H3,(H,21,22,23);2-4,12-13H,1H3. The van der Waals surface area contributed by atoms with Crippen molar-refractivity contribution < 1.29 is 32.6 Å². The van der Waals surface area contributed by atoms with Crippen LogP contribution >= 0.6 is 0 Å². The number of phenolic OH excluding ortho intramolecular Hbond substituents is 1. The number of aryl methyl sites for hydroxylation is 1. The molecule has 12 nitrogen and oxygen atoms in total. The number of aldehydes is 1. The molecule has 4 rings (SSSR count). The van der Waals surface area contributed by atoms with Crippen LogP contribution in [0.15, 0.2) is 35.4 Å². The molecule has 43 heavy (non-hydrogen) atoms. The van der Waals surface area contributed by atoms with Crippen LogP contribution in [0, 0.1) is 0 Å². The van der Waals surface area contributed by atoms with Gasteiger partial charge in [-0.25, -0.2) is 14.6 Å². The second kappa shape index (κ2) is 15.2. The number of halogens is 3. The SMILES string of the molecule is CCc1ncnc(C2=CCOCC2)[nH]n(CC=O)c(=O)c1N1CCN(C(C)=O)CC1.CNc1ccc(C(F)(F)F)cc1O. The number of amides is 1. The van der Waals surface area contributed by atoms with Crippen LogP contribution in [0.5, 0.6) is 5.75 Å². The normalized spacial score (nSPS) is 15.1. The Morgan fingerprint density at radius 2 is 1.93 bits per heavy atom. The molecule has 0 atom stereocenters. The predicted octanol–water partition coefficient (Wildman–Crippen LogP) is 2.78. The lowest BCUT2D eigenvalue weighted by Crippen LogP contribution is -2.50. The summed E-state index contributed by atoms with van der Waals surface area (Å²) >= 11 is 0. The molecular weight excluding hydrogens is 571 g/mol. The summed E-state index contributed by atoms with van der Waals surface area (Å²) in [5, 5.41) is 14.7. The van der Waals surface area contributed by atoms with Gasteiger partial charge < -0.3 is 29.8 Å². The van der Waals surface area contributed by atoms with E-state index in [4.69, 9.17) is 9.84 Å². The molecule has 1 amide bonds. The number of hydrogen-bond acceptors (Lipinski definition) is 9. The summed E-state index contributed by atoms with van der Waals surface area (Å²) in [5.41, 5.74) is 1.02. The summed E-state index contributed by atoms with van der Waals surface area (Å²) in [6, 6.07) is 2.77. The van der Waals surface area contributed by atoms with Gasteiger partial charge in [-0.15, -0.1) is 0 Å². The van der Waals surface area contributed by atoms with Crippen molar-refractivity contribution in [2.45, 2.75) is 39.4 Å². The third-order valence-corrected chi connectivity index (χ3v) is 6.86. The van der Waals surface area contributed by atoms with E-state index in [-0.39, 0.29) is 23.7 Å². The Morgan fingerprint density at radius 3 is 2.47 bits per heavy atom. The first-order chi connectivity index (χ1) is 20.5. The zero-order chi connectivity index (χ0) is 31.6. The minimum atomic E-state index is -4.41. The lowest BCUT2D eigenvalue weighted by Gasteiger charge is -2.35. The van der Waals surface area contributed by atoms with Crippen LogP contribution in [0.25, 0.3) is 5.57 Å². The minimum Gasteiger partial charge on any atom is -0.506 e. The molecule has 2 aliphatic heterocycles. The van der Waals surface area contributed by atoms with E-state index in [9.17, 15) is 27.6 Å². The largest absolute Gasteiger partial charge is 0.506 e. The summed E-state index contributed by atoms with van der Waals surface area (Å²) in [6.45, 7) is 6.47. The molecule has 3 heterocycles. The average molecular weight is 608 g/mol.